The lowest BCUT2D eigenvalue weighted by Crippen LogP contribution is -3.12. The molecule has 0 spiro atoms. The standard InChI is InChI=1S/C12H15N3O2S/c1-13-6-8-14(9-7-13)12(18)10-2-4-11(5-3-10)15(16)17/h2-5H,6-9H2,1H3/p+1. The molecule has 0 radical (unpaired) electrons. The first-order valence-electron chi connectivity index (χ1n) is 5.93. The van der Waals surface area contributed by atoms with Gasteiger partial charge in [-0.1, -0.05) is 12.2 Å². The Hall–Kier alpha value is -1.53. The van der Waals surface area contributed by atoms with Gasteiger partial charge in [-0.2, -0.15) is 0 Å². The maximum absolute atomic E-state index is 10.6. The summed E-state index contributed by atoms with van der Waals surface area (Å²) in [5.74, 6) is 0. The zero-order valence-corrected chi connectivity index (χ0v) is 11.1. The van der Waals surface area contributed by atoms with Gasteiger partial charge in [-0.3, -0.25) is 10.1 Å². The second-order valence-corrected chi connectivity index (χ2v) is 4.94. The molecule has 1 heterocycles. The van der Waals surface area contributed by atoms with E-state index in [9.17, 15) is 10.1 Å². The summed E-state index contributed by atoms with van der Waals surface area (Å²) in [7, 11) is 2.17. The topological polar surface area (TPSA) is 50.8 Å². The van der Waals surface area contributed by atoms with Crippen molar-refractivity contribution in [2.75, 3.05) is 33.2 Å². The van der Waals surface area contributed by atoms with Crippen LogP contribution in [0.25, 0.3) is 0 Å². The van der Waals surface area contributed by atoms with Gasteiger partial charge in [0.1, 0.15) is 4.99 Å². The van der Waals surface area contributed by atoms with E-state index >= 15 is 0 Å². The molecule has 1 aromatic carbocycles. The van der Waals surface area contributed by atoms with Crippen LogP contribution in [0, 0.1) is 10.1 Å². The molecule has 0 aliphatic carbocycles. The van der Waals surface area contributed by atoms with Crippen LogP contribution in [-0.2, 0) is 0 Å². The number of hydrogen-bond acceptors (Lipinski definition) is 3. The van der Waals surface area contributed by atoms with Crippen LogP contribution in [0.2, 0.25) is 0 Å². The zero-order chi connectivity index (χ0) is 13.1. The molecule has 18 heavy (non-hydrogen) atoms. The van der Waals surface area contributed by atoms with Crippen LogP contribution >= 0.6 is 12.2 Å². The number of rotatable bonds is 2. The van der Waals surface area contributed by atoms with Gasteiger partial charge in [-0.05, 0) is 12.1 Å². The molecule has 0 aromatic heterocycles. The third-order valence-electron chi connectivity index (χ3n) is 3.23. The molecule has 0 bridgehead atoms. The normalized spacial score (nSPS) is 16.6. The second-order valence-electron chi connectivity index (χ2n) is 4.55. The molecule has 0 unspecified atom stereocenters. The Kier molecular flexibility index (Phi) is 3.88. The monoisotopic (exact) mass is 266 g/mol. The Morgan fingerprint density at radius 3 is 2.39 bits per heavy atom. The maximum atomic E-state index is 10.6. The van der Waals surface area contributed by atoms with Crippen molar-refractivity contribution < 1.29 is 9.82 Å². The molecule has 0 amide bonds. The van der Waals surface area contributed by atoms with Gasteiger partial charge < -0.3 is 9.80 Å². The minimum absolute atomic E-state index is 0.101. The summed E-state index contributed by atoms with van der Waals surface area (Å²) in [6, 6.07) is 6.46. The van der Waals surface area contributed by atoms with E-state index in [0.717, 1.165) is 36.7 Å². The van der Waals surface area contributed by atoms with Gasteiger partial charge in [0.05, 0.1) is 38.2 Å². The fourth-order valence-corrected chi connectivity index (χ4v) is 2.32. The lowest BCUT2D eigenvalue weighted by molar-refractivity contribution is -0.883. The van der Waals surface area contributed by atoms with E-state index < -0.39 is 4.92 Å². The number of benzene rings is 1. The summed E-state index contributed by atoms with van der Waals surface area (Å²) in [5, 5.41) is 10.6. The highest BCUT2D eigenvalue weighted by Gasteiger charge is 2.20. The third-order valence-corrected chi connectivity index (χ3v) is 3.72. The zero-order valence-electron chi connectivity index (χ0n) is 10.3. The minimum Gasteiger partial charge on any atom is -0.351 e. The van der Waals surface area contributed by atoms with Crippen LogP contribution in [0.4, 0.5) is 5.69 Å². The average Bonchev–Trinajstić information content (AvgIpc) is 2.39. The number of likely N-dealkylation sites (N-methyl/N-ethyl adjacent to an activating group) is 1. The molecule has 0 saturated carbocycles. The fourth-order valence-electron chi connectivity index (χ4n) is 2.00. The second kappa shape index (κ2) is 5.41. The summed E-state index contributed by atoms with van der Waals surface area (Å²) < 4.78 is 0. The SMILES string of the molecule is C[NH+]1CCN(C(=S)c2ccc([N+](=O)[O-])cc2)CC1. The van der Waals surface area contributed by atoms with Crippen molar-refractivity contribution >= 4 is 22.9 Å². The Morgan fingerprint density at radius 1 is 1.33 bits per heavy atom. The number of hydrogen-bond donors (Lipinski definition) is 1. The summed E-state index contributed by atoms with van der Waals surface area (Å²) in [5.41, 5.74) is 0.986. The van der Waals surface area contributed by atoms with Crippen LogP contribution in [0.15, 0.2) is 24.3 Å². The Labute approximate surface area is 111 Å². The van der Waals surface area contributed by atoms with Gasteiger partial charge in [-0.25, -0.2) is 0 Å². The van der Waals surface area contributed by atoms with E-state index in [1.807, 2.05) is 0 Å². The molecular weight excluding hydrogens is 250 g/mol. The van der Waals surface area contributed by atoms with Gasteiger partial charge in [0.25, 0.3) is 5.69 Å². The highest BCUT2D eigenvalue weighted by Crippen LogP contribution is 2.14. The van der Waals surface area contributed by atoms with Crippen LogP contribution in [0.5, 0.6) is 0 Å². The highest BCUT2D eigenvalue weighted by atomic mass is 32.1. The van der Waals surface area contributed by atoms with Crippen molar-refractivity contribution in [2.45, 2.75) is 0 Å². The molecule has 1 saturated heterocycles. The number of non-ortho nitro benzene ring substituents is 1. The summed E-state index contributed by atoms with van der Waals surface area (Å²) >= 11 is 5.43. The van der Waals surface area contributed by atoms with Crippen molar-refractivity contribution in [3.05, 3.63) is 39.9 Å². The molecule has 1 N–H and O–H groups in total. The van der Waals surface area contributed by atoms with Crippen molar-refractivity contribution in [3.63, 3.8) is 0 Å². The first-order valence-corrected chi connectivity index (χ1v) is 6.34. The largest absolute Gasteiger partial charge is 0.351 e. The number of nitro groups is 1. The molecule has 1 aliphatic heterocycles. The quantitative estimate of drug-likeness (QED) is 0.469. The lowest BCUT2D eigenvalue weighted by atomic mass is 10.2. The smallest absolute Gasteiger partial charge is 0.269 e. The summed E-state index contributed by atoms with van der Waals surface area (Å²) in [6.45, 7) is 4.05. The van der Waals surface area contributed by atoms with E-state index in [0.29, 0.717) is 0 Å². The van der Waals surface area contributed by atoms with Crippen LogP contribution in [-0.4, -0.2) is 48.0 Å². The van der Waals surface area contributed by atoms with E-state index in [-0.39, 0.29) is 5.69 Å². The van der Waals surface area contributed by atoms with Gasteiger partial charge >= 0.3 is 0 Å². The summed E-state index contributed by atoms with van der Waals surface area (Å²) in [6.07, 6.45) is 0. The molecule has 96 valence electrons. The van der Waals surface area contributed by atoms with E-state index in [4.69, 9.17) is 12.2 Å². The molecule has 5 nitrogen and oxygen atoms in total. The van der Waals surface area contributed by atoms with Crippen LogP contribution < -0.4 is 4.90 Å². The lowest BCUT2D eigenvalue weighted by Gasteiger charge is -2.31. The average molecular weight is 266 g/mol. The number of thiocarbonyl (C=S) groups is 1. The first kappa shape index (κ1) is 12.9. The third kappa shape index (κ3) is 2.83. The number of quaternary nitrogens is 1. The predicted molar refractivity (Wildman–Crippen MR) is 73.0 cm³/mol. The number of nitrogens with one attached hydrogen (secondary N) is 1. The molecule has 1 fully saturated rings. The van der Waals surface area contributed by atoms with Gasteiger partial charge in [0.2, 0.25) is 0 Å². The summed E-state index contributed by atoms with van der Waals surface area (Å²) in [4.78, 5) is 14.7. The number of piperazine rings is 1. The van der Waals surface area contributed by atoms with Gasteiger partial charge in [0, 0.05) is 17.7 Å². The van der Waals surface area contributed by atoms with Crippen LogP contribution in [0.3, 0.4) is 0 Å². The fraction of sp³-hybridized carbons (Fsp3) is 0.417. The Balaban J connectivity index is 2.07. The Morgan fingerprint density at radius 2 is 1.89 bits per heavy atom. The van der Waals surface area contributed by atoms with E-state index in [1.54, 1.807) is 12.1 Å². The minimum atomic E-state index is -0.397. The predicted octanol–water partition coefficient (Wildman–Crippen LogP) is 0.101. The van der Waals surface area contributed by atoms with Crippen LogP contribution in [0.1, 0.15) is 5.56 Å². The molecule has 1 aliphatic rings. The highest BCUT2D eigenvalue weighted by molar-refractivity contribution is 7.80. The van der Waals surface area contributed by atoms with Crippen molar-refractivity contribution in [2.24, 2.45) is 0 Å². The molecule has 0 atom stereocenters. The Bertz CT molecular complexity index is 453. The molecular formula is C12H16N3O2S+. The molecule has 1 aromatic rings. The number of nitrogens with zero attached hydrogens (tertiary/aromatic N) is 2. The van der Waals surface area contributed by atoms with E-state index in [2.05, 4.69) is 11.9 Å². The van der Waals surface area contributed by atoms with Crippen molar-refractivity contribution in [3.8, 4) is 0 Å². The van der Waals surface area contributed by atoms with Gasteiger partial charge in [0.15, 0.2) is 0 Å². The number of nitro benzene ring substituents is 1. The van der Waals surface area contributed by atoms with Crippen molar-refractivity contribution in [1.29, 1.82) is 0 Å². The maximum Gasteiger partial charge on any atom is 0.269 e. The first-order chi connectivity index (χ1) is 8.58. The van der Waals surface area contributed by atoms with E-state index in [1.165, 1.54) is 17.0 Å². The van der Waals surface area contributed by atoms with Gasteiger partial charge in [-0.15, -0.1) is 0 Å². The van der Waals surface area contributed by atoms with Crippen molar-refractivity contribution in [1.82, 2.24) is 4.90 Å². The molecule has 6 heteroatoms. The molecule has 2 rings (SSSR count).